The molecule has 3 aromatic rings. The standard InChI is InChI=1S/C20H14F5N3O3/c21-16-9-8-13(18(26)28-16)19(29)27-10-11-4-6-12(7-5-11)30-14-2-1-3-15(17(14)22)31-20(23,24)25/h1-9H,10H2,(H2,26,28)(H,27,29). The lowest BCUT2D eigenvalue weighted by Gasteiger charge is -2.13. The topological polar surface area (TPSA) is 86.5 Å². The van der Waals surface area contributed by atoms with Crippen molar-refractivity contribution in [3.05, 3.63) is 77.5 Å². The lowest BCUT2D eigenvalue weighted by atomic mass is 10.2. The summed E-state index contributed by atoms with van der Waals surface area (Å²) in [5.41, 5.74) is 6.15. The van der Waals surface area contributed by atoms with E-state index in [0.29, 0.717) is 5.56 Å². The highest BCUT2D eigenvalue weighted by molar-refractivity contribution is 5.98. The number of nitrogen functional groups attached to an aromatic ring is 1. The molecule has 1 heterocycles. The van der Waals surface area contributed by atoms with Crippen LogP contribution in [0, 0.1) is 11.8 Å². The van der Waals surface area contributed by atoms with Gasteiger partial charge in [0.25, 0.3) is 5.91 Å². The van der Waals surface area contributed by atoms with Crippen LogP contribution >= 0.6 is 0 Å². The fourth-order valence-corrected chi connectivity index (χ4v) is 2.49. The number of amides is 1. The molecule has 0 radical (unpaired) electrons. The maximum Gasteiger partial charge on any atom is 0.573 e. The summed E-state index contributed by atoms with van der Waals surface area (Å²) in [6.45, 7) is 0.0825. The van der Waals surface area contributed by atoms with Gasteiger partial charge in [-0.2, -0.15) is 8.78 Å². The molecule has 0 aliphatic heterocycles. The van der Waals surface area contributed by atoms with Crippen molar-refractivity contribution >= 4 is 11.7 Å². The van der Waals surface area contributed by atoms with Gasteiger partial charge in [-0.3, -0.25) is 4.79 Å². The van der Waals surface area contributed by atoms with E-state index in [2.05, 4.69) is 15.0 Å². The van der Waals surface area contributed by atoms with Crippen LogP contribution in [-0.4, -0.2) is 17.3 Å². The molecule has 6 nitrogen and oxygen atoms in total. The van der Waals surface area contributed by atoms with E-state index >= 15 is 0 Å². The van der Waals surface area contributed by atoms with Crippen LogP contribution in [0.1, 0.15) is 15.9 Å². The molecule has 3 N–H and O–H groups in total. The van der Waals surface area contributed by atoms with E-state index in [-0.39, 0.29) is 23.7 Å². The van der Waals surface area contributed by atoms with Crippen LogP contribution < -0.4 is 20.5 Å². The highest BCUT2D eigenvalue weighted by atomic mass is 19.4. The summed E-state index contributed by atoms with van der Waals surface area (Å²) in [5, 5.41) is 2.58. The molecular weight excluding hydrogens is 425 g/mol. The molecular formula is C20H14F5N3O3. The number of nitrogens with zero attached hydrogens (tertiary/aromatic N) is 1. The predicted molar refractivity (Wildman–Crippen MR) is 99.4 cm³/mol. The van der Waals surface area contributed by atoms with Crippen molar-refractivity contribution in [1.82, 2.24) is 10.3 Å². The third-order valence-electron chi connectivity index (χ3n) is 3.89. The molecule has 0 saturated heterocycles. The number of pyridine rings is 1. The number of ether oxygens (including phenoxy) is 2. The Labute approximate surface area is 172 Å². The van der Waals surface area contributed by atoms with Gasteiger partial charge in [0.2, 0.25) is 11.8 Å². The number of carbonyl (C=O) groups is 1. The molecule has 3 rings (SSSR count). The molecule has 0 aliphatic carbocycles. The molecule has 1 aromatic heterocycles. The Kier molecular flexibility index (Phi) is 6.23. The number of alkyl halides is 3. The Morgan fingerprint density at radius 1 is 1.00 bits per heavy atom. The summed E-state index contributed by atoms with van der Waals surface area (Å²) in [7, 11) is 0. The molecule has 0 saturated carbocycles. The molecule has 0 spiro atoms. The highest BCUT2D eigenvalue weighted by Gasteiger charge is 2.33. The van der Waals surface area contributed by atoms with Crippen molar-refractivity contribution in [3.8, 4) is 17.2 Å². The van der Waals surface area contributed by atoms with Gasteiger partial charge in [-0.15, -0.1) is 13.2 Å². The molecule has 2 aromatic carbocycles. The number of carbonyl (C=O) groups excluding carboxylic acids is 1. The monoisotopic (exact) mass is 439 g/mol. The van der Waals surface area contributed by atoms with E-state index in [1.807, 2.05) is 0 Å². The predicted octanol–water partition coefficient (Wildman–Crippen LogP) is 4.56. The number of nitrogens with two attached hydrogens (primary N) is 1. The van der Waals surface area contributed by atoms with Crippen LogP contribution in [0.3, 0.4) is 0 Å². The Morgan fingerprint density at radius 2 is 1.68 bits per heavy atom. The average Bonchev–Trinajstić information content (AvgIpc) is 2.69. The van der Waals surface area contributed by atoms with Gasteiger partial charge in [0.1, 0.15) is 11.6 Å². The van der Waals surface area contributed by atoms with E-state index in [4.69, 9.17) is 10.5 Å². The van der Waals surface area contributed by atoms with Gasteiger partial charge in [-0.25, -0.2) is 4.98 Å². The van der Waals surface area contributed by atoms with Gasteiger partial charge in [0, 0.05) is 6.54 Å². The second-order valence-electron chi connectivity index (χ2n) is 6.11. The molecule has 31 heavy (non-hydrogen) atoms. The fourth-order valence-electron chi connectivity index (χ4n) is 2.49. The highest BCUT2D eigenvalue weighted by Crippen LogP contribution is 2.33. The van der Waals surface area contributed by atoms with Crippen molar-refractivity contribution in [2.24, 2.45) is 0 Å². The first-order valence-electron chi connectivity index (χ1n) is 8.63. The minimum Gasteiger partial charge on any atom is -0.454 e. The Bertz CT molecular complexity index is 1090. The lowest BCUT2D eigenvalue weighted by Crippen LogP contribution is -2.24. The number of aromatic nitrogens is 1. The number of anilines is 1. The van der Waals surface area contributed by atoms with Gasteiger partial charge >= 0.3 is 6.36 Å². The molecule has 0 fully saturated rings. The normalized spacial score (nSPS) is 11.1. The van der Waals surface area contributed by atoms with Crippen molar-refractivity contribution in [2.45, 2.75) is 12.9 Å². The molecule has 1 amide bonds. The number of nitrogens with one attached hydrogen (secondary N) is 1. The second-order valence-corrected chi connectivity index (χ2v) is 6.11. The molecule has 0 aliphatic rings. The third kappa shape index (κ3) is 5.81. The van der Waals surface area contributed by atoms with Gasteiger partial charge in [-0.1, -0.05) is 18.2 Å². The molecule has 0 unspecified atom stereocenters. The van der Waals surface area contributed by atoms with Crippen molar-refractivity contribution in [1.29, 1.82) is 0 Å². The van der Waals surface area contributed by atoms with Crippen LogP contribution in [-0.2, 0) is 6.54 Å². The minimum absolute atomic E-state index is 0.0118. The lowest BCUT2D eigenvalue weighted by molar-refractivity contribution is -0.275. The van der Waals surface area contributed by atoms with Crippen LogP contribution in [0.25, 0.3) is 0 Å². The molecule has 0 bridgehead atoms. The SMILES string of the molecule is Nc1nc(F)ccc1C(=O)NCc1ccc(Oc2cccc(OC(F)(F)F)c2F)cc1. The maximum atomic E-state index is 14.2. The Balaban J connectivity index is 1.63. The quantitative estimate of drug-likeness (QED) is 0.434. The average molecular weight is 439 g/mol. The first-order chi connectivity index (χ1) is 14.6. The van der Waals surface area contributed by atoms with Crippen LogP contribution in [0.2, 0.25) is 0 Å². The van der Waals surface area contributed by atoms with Gasteiger partial charge in [0.05, 0.1) is 5.56 Å². The first-order valence-corrected chi connectivity index (χ1v) is 8.63. The summed E-state index contributed by atoms with van der Waals surface area (Å²) < 4.78 is 72.9. The van der Waals surface area contributed by atoms with Gasteiger partial charge in [-0.05, 0) is 42.0 Å². The van der Waals surface area contributed by atoms with Crippen molar-refractivity contribution in [3.63, 3.8) is 0 Å². The van der Waals surface area contributed by atoms with E-state index in [0.717, 1.165) is 24.3 Å². The second kappa shape index (κ2) is 8.86. The number of hydrogen-bond acceptors (Lipinski definition) is 5. The van der Waals surface area contributed by atoms with Crippen molar-refractivity contribution < 1.29 is 36.2 Å². The third-order valence-corrected chi connectivity index (χ3v) is 3.89. The molecule has 162 valence electrons. The number of hydrogen-bond donors (Lipinski definition) is 2. The van der Waals surface area contributed by atoms with E-state index in [1.54, 1.807) is 12.1 Å². The van der Waals surface area contributed by atoms with E-state index in [9.17, 15) is 26.7 Å². The van der Waals surface area contributed by atoms with Crippen LogP contribution in [0.4, 0.5) is 27.8 Å². The van der Waals surface area contributed by atoms with Gasteiger partial charge < -0.3 is 20.5 Å². The number of halogens is 5. The summed E-state index contributed by atoms with van der Waals surface area (Å²) in [6, 6.07) is 11.3. The summed E-state index contributed by atoms with van der Waals surface area (Å²) in [4.78, 5) is 15.5. The van der Waals surface area contributed by atoms with E-state index < -0.39 is 35.5 Å². The van der Waals surface area contributed by atoms with Crippen LogP contribution in [0.15, 0.2) is 54.6 Å². The fraction of sp³-hybridized carbons (Fsp3) is 0.100. The maximum absolute atomic E-state index is 14.2. The largest absolute Gasteiger partial charge is 0.573 e. The smallest absolute Gasteiger partial charge is 0.454 e. The zero-order valence-electron chi connectivity index (χ0n) is 15.5. The molecule has 0 atom stereocenters. The molecule has 11 heteroatoms. The first kappa shape index (κ1) is 21.8. The summed E-state index contributed by atoms with van der Waals surface area (Å²) >= 11 is 0. The number of benzene rings is 2. The zero-order valence-corrected chi connectivity index (χ0v) is 15.5. The zero-order chi connectivity index (χ0) is 22.6. The summed E-state index contributed by atoms with van der Waals surface area (Å²) in [5.74, 6) is -4.25. The number of rotatable bonds is 6. The van der Waals surface area contributed by atoms with E-state index in [1.165, 1.54) is 18.2 Å². The summed E-state index contributed by atoms with van der Waals surface area (Å²) in [6.07, 6.45) is -5.04. The minimum atomic E-state index is -5.04. The van der Waals surface area contributed by atoms with Crippen molar-refractivity contribution in [2.75, 3.05) is 5.73 Å². The van der Waals surface area contributed by atoms with Gasteiger partial charge in [0.15, 0.2) is 11.5 Å². The van der Waals surface area contributed by atoms with Crippen LogP contribution in [0.5, 0.6) is 17.2 Å². The Morgan fingerprint density at radius 3 is 2.32 bits per heavy atom. The Hall–Kier alpha value is -3.89.